The highest BCUT2D eigenvalue weighted by atomic mass is 32.2. The lowest BCUT2D eigenvalue weighted by Crippen LogP contribution is -2.49. The number of carboxylic acid groups (broad SMARTS) is 1. The van der Waals surface area contributed by atoms with Gasteiger partial charge < -0.3 is 9.90 Å². The van der Waals surface area contributed by atoms with Crippen LogP contribution in [0.3, 0.4) is 0 Å². The van der Waals surface area contributed by atoms with Crippen molar-refractivity contribution >= 4 is 57.6 Å². The average Bonchev–Trinajstić information content (AvgIpc) is 2.94. The van der Waals surface area contributed by atoms with Gasteiger partial charge in [-0.15, -0.1) is 11.3 Å². The predicted molar refractivity (Wildman–Crippen MR) is 78.4 cm³/mol. The number of thiocarbonyl (C=S) groups is 1. The molecule has 1 aromatic rings. The van der Waals surface area contributed by atoms with Crippen LogP contribution >= 0.6 is 35.3 Å². The Kier molecular flexibility index (Phi) is 4.38. The van der Waals surface area contributed by atoms with E-state index >= 15 is 0 Å². The van der Waals surface area contributed by atoms with E-state index in [1.165, 1.54) is 11.3 Å². The number of carbonyl (C=O) groups excluding carboxylic acids is 2. The van der Waals surface area contributed by atoms with Crippen LogP contribution in [-0.4, -0.2) is 27.1 Å². The van der Waals surface area contributed by atoms with Gasteiger partial charge in [0.2, 0.25) is 0 Å². The molecule has 19 heavy (non-hydrogen) atoms. The topological polar surface area (TPSA) is 60.4 Å². The lowest BCUT2D eigenvalue weighted by atomic mass is 10.2. The summed E-state index contributed by atoms with van der Waals surface area (Å²) in [4.78, 5) is 25.8. The highest BCUT2D eigenvalue weighted by Crippen LogP contribution is 2.34. The minimum atomic E-state index is -1.28. The highest BCUT2D eigenvalue weighted by Gasteiger charge is 2.36. The summed E-state index contributed by atoms with van der Waals surface area (Å²) in [6.07, 6.45) is 1.99. The van der Waals surface area contributed by atoms with Crippen LogP contribution in [0.1, 0.15) is 18.2 Å². The summed E-state index contributed by atoms with van der Waals surface area (Å²) in [6, 6.07) is 2.77. The van der Waals surface area contributed by atoms with Crippen molar-refractivity contribution in [2.24, 2.45) is 0 Å². The first-order valence-electron chi connectivity index (χ1n) is 5.56. The molecule has 1 amide bonds. The number of thiophene rings is 1. The fourth-order valence-corrected chi connectivity index (χ4v) is 3.79. The van der Waals surface area contributed by atoms with Gasteiger partial charge in [-0.05, 0) is 23.9 Å². The average molecular weight is 312 g/mol. The fourth-order valence-electron chi connectivity index (χ4n) is 1.71. The molecule has 0 spiro atoms. The normalized spacial score (nSPS) is 19.2. The lowest BCUT2D eigenvalue weighted by Gasteiger charge is -2.26. The fraction of sp³-hybridized carbons (Fsp3) is 0.250. The number of thioether (sulfide) groups is 1. The molecular formula is C12H10NO3S3-. The van der Waals surface area contributed by atoms with Crippen molar-refractivity contribution in [1.82, 2.24) is 4.90 Å². The second-order valence-electron chi connectivity index (χ2n) is 3.81. The smallest absolute Gasteiger partial charge is 0.266 e. The summed E-state index contributed by atoms with van der Waals surface area (Å²) in [5.41, 5.74) is 0. The van der Waals surface area contributed by atoms with Crippen molar-refractivity contribution < 1.29 is 14.7 Å². The Morgan fingerprint density at radius 1 is 1.63 bits per heavy atom. The Balaban J connectivity index is 2.28. The molecule has 2 heterocycles. The maximum absolute atomic E-state index is 12.2. The first kappa shape index (κ1) is 14.2. The van der Waals surface area contributed by atoms with E-state index in [9.17, 15) is 14.7 Å². The Labute approximate surface area is 124 Å². The largest absolute Gasteiger partial charge is 0.548 e. The quantitative estimate of drug-likeness (QED) is 0.622. The Hall–Kier alpha value is -1.18. The lowest BCUT2D eigenvalue weighted by molar-refractivity contribution is -0.310. The van der Waals surface area contributed by atoms with Gasteiger partial charge in [0.1, 0.15) is 4.32 Å². The standard InChI is InChI=1S/C12H11NO3S3/c1-2-8(11(15)16)13-10(14)9(19-12(13)17)6-7-4-3-5-18-7/h3-6,8H,2H2,1H3,(H,15,16)/p-1/b9-6-/t8-/m0/s1. The van der Waals surface area contributed by atoms with E-state index in [-0.39, 0.29) is 16.6 Å². The molecule has 1 aliphatic heterocycles. The third-order valence-electron chi connectivity index (χ3n) is 2.61. The molecule has 2 rings (SSSR count). The van der Waals surface area contributed by atoms with Gasteiger partial charge in [0.15, 0.2) is 0 Å². The molecule has 1 fully saturated rings. The van der Waals surface area contributed by atoms with Gasteiger partial charge in [0.25, 0.3) is 5.91 Å². The molecule has 0 unspecified atom stereocenters. The molecule has 1 saturated heterocycles. The number of hydrogen-bond donors (Lipinski definition) is 0. The van der Waals surface area contributed by atoms with Gasteiger partial charge >= 0.3 is 0 Å². The summed E-state index contributed by atoms with van der Waals surface area (Å²) >= 11 is 7.72. The van der Waals surface area contributed by atoms with E-state index in [1.54, 1.807) is 13.0 Å². The number of nitrogens with zero attached hydrogens (tertiary/aromatic N) is 1. The minimum Gasteiger partial charge on any atom is -0.548 e. The van der Waals surface area contributed by atoms with E-state index in [2.05, 4.69) is 0 Å². The first-order valence-corrected chi connectivity index (χ1v) is 7.66. The van der Waals surface area contributed by atoms with Crippen molar-refractivity contribution in [2.45, 2.75) is 19.4 Å². The second-order valence-corrected chi connectivity index (χ2v) is 6.47. The van der Waals surface area contributed by atoms with E-state index in [0.717, 1.165) is 21.5 Å². The summed E-state index contributed by atoms with van der Waals surface area (Å²) in [5, 5.41) is 12.9. The third kappa shape index (κ3) is 2.88. The van der Waals surface area contributed by atoms with Gasteiger partial charge in [-0.2, -0.15) is 0 Å². The molecule has 1 atom stereocenters. The first-order chi connectivity index (χ1) is 9.04. The molecule has 1 aliphatic rings. The van der Waals surface area contributed by atoms with E-state index in [0.29, 0.717) is 4.91 Å². The highest BCUT2D eigenvalue weighted by molar-refractivity contribution is 8.26. The van der Waals surface area contributed by atoms with Crippen LogP contribution in [0.15, 0.2) is 22.4 Å². The van der Waals surface area contributed by atoms with Gasteiger partial charge in [-0.3, -0.25) is 9.69 Å². The van der Waals surface area contributed by atoms with Crippen LogP contribution in [0, 0.1) is 0 Å². The van der Waals surface area contributed by atoms with Crippen molar-refractivity contribution in [1.29, 1.82) is 0 Å². The van der Waals surface area contributed by atoms with Crippen molar-refractivity contribution in [3.8, 4) is 0 Å². The zero-order valence-corrected chi connectivity index (χ0v) is 12.4. The van der Waals surface area contributed by atoms with Crippen LogP contribution in [0.5, 0.6) is 0 Å². The number of carbonyl (C=O) groups is 2. The van der Waals surface area contributed by atoms with Gasteiger partial charge in [0.05, 0.1) is 16.9 Å². The SMILES string of the molecule is CC[C@@H](C(=O)[O-])N1C(=O)/C(=C/c2cccs2)SC1=S. The Morgan fingerprint density at radius 2 is 2.37 bits per heavy atom. The van der Waals surface area contributed by atoms with Crippen LogP contribution in [0.4, 0.5) is 0 Å². The van der Waals surface area contributed by atoms with Crippen molar-refractivity contribution in [3.05, 3.63) is 27.3 Å². The number of aliphatic carboxylic acids is 1. The van der Waals surface area contributed by atoms with Gasteiger partial charge in [0, 0.05) is 4.88 Å². The summed E-state index contributed by atoms with van der Waals surface area (Å²) in [6.45, 7) is 1.68. The summed E-state index contributed by atoms with van der Waals surface area (Å²) < 4.78 is 0.267. The maximum Gasteiger partial charge on any atom is 0.266 e. The molecule has 0 aliphatic carbocycles. The Morgan fingerprint density at radius 3 is 2.89 bits per heavy atom. The molecule has 0 bridgehead atoms. The molecule has 0 aromatic carbocycles. The van der Waals surface area contributed by atoms with Gasteiger partial charge in [-0.25, -0.2) is 0 Å². The van der Waals surface area contributed by atoms with Crippen LogP contribution in [0.25, 0.3) is 6.08 Å². The number of carboxylic acids is 1. The molecule has 0 radical (unpaired) electrons. The third-order valence-corrected chi connectivity index (χ3v) is 4.76. The van der Waals surface area contributed by atoms with Crippen molar-refractivity contribution in [3.63, 3.8) is 0 Å². The van der Waals surface area contributed by atoms with Gasteiger partial charge in [-0.1, -0.05) is 37.0 Å². The molecule has 0 saturated carbocycles. The zero-order valence-electron chi connectivity index (χ0n) is 9.99. The van der Waals surface area contributed by atoms with E-state index in [4.69, 9.17) is 12.2 Å². The van der Waals surface area contributed by atoms with Crippen LogP contribution < -0.4 is 5.11 Å². The molecule has 1 aromatic heterocycles. The number of rotatable bonds is 4. The summed E-state index contributed by atoms with van der Waals surface area (Å²) in [5.74, 6) is -1.64. The zero-order chi connectivity index (χ0) is 14.0. The maximum atomic E-state index is 12.2. The second kappa shape index (κ2) is 5.85. The monoisotopic (exact) mass is 312 g/mol. The minimum absolute atomic E-state index is 0.265. The van der Waals surface area contributed by atoms with Crippen LogP contribution in [0.2, 0.25) is 0 Å². The molecule has 4 nitrogen and oxygen atoms in total. The van der Waals surface area contributed by atoms with E-state index < -0.39 is 12.0 Å². The number of hydrogen-bond acceptors (Lipinski definition) is 6. The van der Waals surface area contributed by atoms with Crippen LogP contribution in [-0.2, 0) is 9.59 Å². The summed E-state index contributed by atoms with van der Waals surface area (Å²) in [7, 11) is 0. The number of amides is 1. The Bertz CT molecular complexity index is 551. The molecular weight excluding hydrogens is 302 g/mol. The molecule has 100 valence electrons. The van der Waals surface area contributed by atoms with Crippen molar-refractivity contribution in [2.75, 3.05) is 0 Å². The molecule has 0 N–H and O–H groups in total. The van der Waals surface area contributed by atoms with E-state index in [1.807, 2.05) is 17.5 Å². The predicted octanol–water partition coefficient (Wildman–Crippen LogP) is 1.48. The molecule has 7 heteroatoms.